The van der Waals surface area contributed by atoms with E-state index in [9.17, 15) is 0 Å². The molecule has 0 aliphatic carbocycles. The summed E-state index contributed by atoms with van der Waals surface area (Å²) in [7, 11) is 4.39. The summed E-state index contributed by atoms with van der Waals surface area (Å²) in [6.07, 6.45) is 9.10. The van der Waals surface area contributed by atoms with E-state index in [0.717, 1.165) is 32.1 Å². The summed E-state index contributed by atoms with van der Waals surface area (Å²) in [4.78, 5) is 16.7. The SMILES string of the molecule is CCCN(C)Cc1cnc(N2C3CCCC2CN(C)C3)nc1. The number of piperazine rings is 1. The van der Waals surface area contributed by atoms with Crippen molar-refractivity contribution in [3.05, 3.63) is 18.0 Å². The van der Waals surface area contributed by atoms with Gasteiger partial charge in [-0.25, -0.2) is 9.97 Å². The van der Waals surface area contributed by atoms with Gasteiger partial charge in [0.25, 0.3) is 0 Å². The first-order chi connectivity index (χ1) is 10.7. The maximum atomic E-state index is 4.69. The molecule has 5 heteroatoms. The summed E-state index contributed by atoms with van der Waals surface area (Å²) in [5, 5.41) is 0. The Kier molecular flexibility index (Phi) is 4.93. The molecule has 122 valence electrons. The average Bonchev–Trinajstić information content (AvgIpc) is 2.47. The quantitative estimate of drug-likeness (QED) is 0.831. The number of anilines is 1. The van der Waals surface area contributed by atoms with E-state index in [1.807, 2.05) is 12.4 Å². The summed E-state index contributed by atoms with van der Waals surface area (Å²) < 4.78 is 0. The molecule has 2 aliphatic rings. The van der Waals surface area contributed by atoms with Crippen LogP contribution >= 0.6 is 0 Å². The van der Waals surface area contributed by atoms with E-state index in [2.05, 4.69) is 35.7 Å². The molecular weight excluding hydrogens is 274 g/mol. The third-order valence-corrected chi connectivity index (χ3v) is 4.89. The Labute approximate surface area is 134 Å². The highest BCUT2D eigenvalue weighted by molar-refractivity contribution is 5.36. The van der Waals surface area contributed by atoms with Crippen LogP contribution in [-0.4, -0.2) is 65.6 Å². The number of likely N-dealkylation sites (tertiary alicyclic amines) is 1. The molecule has 2 unspecified atom stereocenters. The number of piperidine rings is 1. The van der Waals surface area contributed by atoms with Gasteiger partial charge in [-0.1, -0.05) is 6.92 Å². The van der Waals surface area contributed by atoms with Crippen molar-refractivity contribution in [2.75, 3.05) is 38.6 Å². The number of aromatic nitrogens is 2. The van der Waals surface area contributed by atoms with Gasteiger partial charge in [0.2, 0.25) is 5.95 Å². The van der Waals surface area contributed by atoms with Crippen LogP contribution in [0.5, 0.6) is 0 Å². The smallest absolute Gasteiger partial charge is 0.225 e. The van der Waals surface area contributed by atoms with Crippen LogP contribution in [0.15, 0.2) is 12.4 Å². The van der Waals surface area contributed by atoms with E-state index in [1.165, 1.54) is 31.2 Å². The highest BCUT2D eigenvalue weighted by Gasteiger charge is 2.37. The maximum Gasteiger partial charge on any atom is 0.225 e. The van der Waals surface area contributed by atoms with Gasteiger partial charge in [0.15, 0.2) is 0 Å². The van der Waals surface area contributed by atoms with Gasteiger partial charge < -0.3 is 14.7 Å². The van der Waals surface area contributed by atoms with Crippen LogP contribution in [0.1, 0.15) is 38.2 Å². The number of hydrogen-bond donors (Lipinski definition) is 0. The summed E-state index contributed by atoms with van der Waals surface area (Å²) in [5.41, 5.74) is 1.21. The van der Waals surface area contributed by atoms with E-state index in [-0.39, 0.29) is 0 Å². The van der Waals surface area contributed by atoms with Crippen LogP contribution in [0, 0.1) is 0 Å². The van der Waals surface area contributed by atoms with Crippen molar-refractivity contribution in [2.45, 2.75) is 51.2 Å². The van der Waals surface area contributed by atoms with Crippen LogP contribution in [0.25, 0.3) is 0 Å². The Morgan fingerprint density at radius 1 is 1.18 bits per heavy atom. The monoisotopic (exact) mass is 303 g/mol. The fourth-order valence-electron chi connectivity index (χ4n) is 3.98. The van der Waals surface area contributed by atoms with Gasteiger partial charge in [0.1, 0.15) is 0 Å². The molecule has 22 heavy (non-hydrogen) atoms. The van der Waals surface area contributed by atoms with Crippen molar-refractivity contribution in [2.24, 2.45) is 0 Å². The van der Waals surface area contributed by atoms with Gasteiger partial charge in [-0.2, -0.15) is 0 Å². The second-order valence-corrected chi connectivity index (χ2v) is 7.00. The Morgan fingerprint density at radius 2 is 1.82 bits per heavy atom. The predicted octanol–water partition coefficient (Wildman–Crippen LogP) is 1.99. The second-order valence-electron chi connectivity index (χ2n) is 7.00. The normalized spacial score (nSPS) is 25.7. The van der Waals surface area contributed by atoms with Crippen LogP contribution in [0.2, 0.25) is 0 Å². The zero-order valence-electron chi connectivity index (χ0n) is 14.2. The maximum absolute atomic E-state index is 4.69. The molecule has 2 atom stereocenters. The summed E-state index contributed by atoms with van der Waals surface area (Å²) >= 11 is 0. The Balaban J connectivity index is 1.70. The van der Waals surface area contributed by atoms with E-state index in [4.69, 9.17) is 9.97 Å². The van der Waals surface area contributed by atoms with Crippen molar-refractivity contribution >= 4 is 5.95 Å². The number of likely N-dealkylation sites (N-methyl/N-ethyl adjacent to an activating group) is 1. The Hall–Kier alpha value is -1.20. The molecule has 0 N–H and O–H groups in total. The molecule has 2 bridgehead atoms. The topological polar surface area (TPSA) is 35.5 Å². The van der Waals surface area contributed by atoms with Gasteiger partial charge >= 0.3 is 0 Å². The third kappa shape index (κ3) is 3.41. The summed E-state index contributed by atoms with van der Waals surface area (Å²) in [6.45, 7) is 6.54. The molecule has 1 aromatic heterocycles. The highest BCUT2D eigenvalue weighted by atomic mass is 15.4. The summed E-state index contributed by atoms with van der Waals surface area (Å²) in [5.74, 6) is 0.935. The van der Waals surface area contributed by atoms with E-state index in [0.29, 0.717) is 12.1 Å². The lowest BCUT2D eigenvalue weighted by atomic mass is 9.92. The molecule has 5 nitrogen and oxygen atoms in total. The molecule has 0 amide bonds. The molecule has 0 radical (unpaired) electrons. The van der Waals surface area contributed by atoms with Crippen LogP contribution in [0.3, 0.4) is 0 Å². The molecule has 0 saturated carbocycles. The van der Waals surface area contributed by atoms with E-state index in [1.54, 1.807) is 0 Å². The lowest BCUT2D eigenvalue weighted by molar-refractivity contribution is 0.182. The van der Waals surface area contributed by atoms with Crippen molar-refractivity contribution < 1.29 is 0 Å². The van der Waals surface area contributed by atoms with Crippen LogP contribution in [-0.2, 0) is 6.54 Å². The van der Waals surface area contributed by atoms with Gasteiger partial charge in [-0.15, -0.1) is 0 Å². The minimum Gasteiger partial charge on any atom is -0.332 e. The van der Waals surface area contributed by atoms with Gasteiger partial charge in [0, 0.05) is 49.7 Å². The van der Waals surface area contributed by atoms with Crippen molar-refractivity contribution in [1.29, 1.82) is 0 Å². The molecule has 2 aliphatic heterocycles. The summed E-state index contributed by atoms with van der Waals surface area (Å²) in [6, 6.07) is 1.18. The molecule has 3 rings (SSSR count). The average molecular weight is 303 g/mol. The minimum atomic E-state index is 0.589. The largest absolute Gasteiger partial charge is 0.332 e. The predicted molar refractivity (Wildman–Crippen MR) is 90.1 cm³/mol. The van der Waals surface area contributed by atoms with Crippen molar-refractivity contribution in [1.82, 2.24) is 19.8 Å². The van der Waals surface area contributed by atoms with Crippen LogP contribution < -0.4 is 4.90 Å². The number of nitrogens with zero attached hydrogens (tertiary/aromatic N) is 5. The fraction of sp³-hybridized carbons (Fsp3) is 0.765. The van der Waals surface area contributed by atoms with Gasteiger partial charge in [0.05, 0.1) is 0 Å². The molecule has 2 saturated heterocycles. The standard InChI is InChI=1S/C17H29N5/c1-4-8-20(2)11-14-9-18-17(19-10-14)22-15-6-5-7-16(22)13-21(3)12-15/h9-10,15-16H,4-8,11-13H2,1-3H3. The Bertz CT molecular complexity index is 460. The molecule has 3 heterocycles. The zero-order valence-corrected chi connectivity index (χ0v) is 14.2. The lowest BCUT2D eigenvalue weighted by Crippen LogP contribution is -2.60. The molecule has 0 spiro atoms. The third-order valence-electron chi connectivity index (χ3n) is 4.89. The lowest BCUT2D eigenvalue weighted by Gasteiger charge is -2.49. The van der Waals surface area contributed by atoms with Gasteiger partial charge in [-0.3, -0.25) is 0 Å². The molecular formula is C17H29N5. The second kappa shape index (κ2) is 6.92. The first-order valence-electron chi connectivity index (χ1n) is 8.63. The highest BCUT2D eigenvalue weighted by Crippen LogP contribution is 2.30. The molecule has 1 aromatic rings. The van der Waals surface area contributed by atoms with Crippen LogP contribution in [0.4, 0.5) is 5.95 Å². The van der Waals surface area contributed by atoms with Crippen molar-refractivity contribution in [3.63, 3.8) is 0 Å². The number of fused-ring (bicyclic) bond motifs is 2. The van der Waals surface area contributed by atoms with Gasteiger partial charge in [-0.05, 0) is 46.3 Å². The first-order valence-corrected chi connectivity index (χ1v) is 8.63. The minimum absolute atomic E-state index is 0.589. The van der Waals surface area contributed by atoms with E-state index >= 15 is 0 Å². The first kappa shape index (κ1) is 15.7. The molecule has 2 fully saturated rings. The van der Waals surface area contributed by atoms with E-state index < -0.39 is 0 Å². The van der Waals surface area contributed by atoms with Crippen molar-refractivity contribution in [3.8, 4) is 0 Å². The fourth-order valence-corrected chi connectivity index (χ4v) is 3.98. The zero-order chi connectivity index (χ0) is 15.5. The molecule has 0 aromatic carbocycles. The number of rotatable bonds is 5. The Morgan fingerprint density at radius 3 is 2.41 bits per heavy atom. The number of hydrogen-bond acceptors (Lipinski definition) is 5.